The first-order chi connectivity index (χ1) is 11.2. The summed E-state index contributed by atoms with van der Waals surface area (Å²) in [5.41, 5.74) is 7.85. The molecule has 118 valence electrons. The summed E-state index contributed by atoms with van der Waals surface area (Å²) in [7, 11) is 0. The molecule has 0 unspecified atom stereocenters. The van der Waals surface area contributed by atoms with E-state index in [1.807, 2.05) is 24.3 Å². The Morgan fingerprint density at radius 1 is 1.22 bits per heavy atom. The second-order valence-electron chi connectivity index (χ2n) is 5.80. The summed E-state index contributed by atoms with van der Waals surface area (Å²) in [5, 5.41) is 8.52. The summed E-state index contributed by atoms with van der Waals surface area (Å²) in [4.78, 5) is 8.52. The van der Waals surface area contributed by atoms with Crippen LogP contribution in [0.2, 0.25) is 5.02 Å². The van der Waals surface area contributed by atoms with Gasteiger partial charge in [-0.25, -0.2) is 0 Å². The standard InChI is InChI=1S/C16H17ClN6/c17-12-8-4-3-7-11(12)13-14(18)22-16-19-9-20-23(16)15(13)21-10-5-1-2-6-10/h3-4,7-10,21H,1-2,5-6H2,(H2,18,19,20,22). The van der Waals surface area contributed by atoms with Crippen molar-refractivity contribution in [2.75, 3.05) is 11.1 Å². The maximum absolute atomic E-state index is 6.39. The molecule has 6 nitrogen and oxygen atoms in total. The molecular weight excluding hydrogens is 312 g/mol. The van der Waals surface area contributed by atoms with E-state index >= 15 is 0 Å². The summed E-state index contributed by atoms with van der Waals surface area (Å²) < 4.78 is 1.70. The van der Waals surface area contributed by atoms with Gasteiger partial charge in [0.25, 0.3) is 5.78 Å². The van der Waals surface area contributed by atoms with Crippen molar-refractivity contribution >= 4 is 29.0 Å². The van der Waals surface area contributed by atoms with Gasteiger partial charge in [-0.15, -0.1) is 0 Å². The number of halogens is 1. The first kappa shape index (κ1) is 14.3. The lowest BCUT2D eigenvalue weighted by atomic mass is 10.1. The van der Waals surface area contributed by atoms with E-state index < -0.39 is 0 Å². The molecule has 23 heavy (non-hydrogen) atoms. The fraction of sp³-hybridized carbons (Fsp3) is 0.312. The lowest BCUT2D eigenvalue weighted by Crippen LogP contribution is -2.19. The summed E-state index contributed by atoms with van der Waals surface area (Å²) in [6, 6.07) is 8.03. The van der Waals surface area contributed by atoms with Crippen molar-refractivity contribution < 1.29 is 0 Å². The number of nitrogens with zero attached hydrogens (tertiary/aromatic N) is 4. The number of anilines is 2. The largest absolute Gasteiger partial charge is 0.383 e. The summed E-state index contributed by atoms with van der Waals surface area (Å²) in [6.07, 6.45) is 6.24. The maximum Gasteiger partial charge on any atom is 0.256 e. The van der Waals surface area contributed by atoms with Crippen molar-refractivity contribution in [3.05, 3.63) is 35.6 Å². The van der Waals surface area contributed by atoms with Crippen LogP contribution in [0, 0.1) is 0 Å². The second-order valence-corrected chi connectivity index (χ2v) is 6.21. The van der Waals surface area contributed by atoms with Gasteiger partial charge < -0.3 is 11.1 Å². The predicted molar refractivity (Wildman–Crippen MR) is 91.5 cm³/mol. The average Bonchev–Trinajstić information content (AvgIpc) is 3.20. The minimum absolute atomic E-state index is 0.402. The molecule has 3 aromatic rings. The zero-order chi connectivity index (χ0) is 15.8. The van der Waals surface area contributed by atoms with Crippen LogP contribution >= 0.6 is 11.6 Å². The Kier molecular flexibility index (Phi) is 3.53. The molecule has 1 fully saturated rings. The third kappa shape index (κ3) is 2.49. The monoisotopic (exact) mass is 328 g/mol. The van der Waals surface area contributed by atoms with Crippen molar-refractivity contribution in [3.63, 3.8) is 0 Å². The Morgan fingerprint density at radius 3 is 2.78 bits per heavy atom. The third-order valence-electron chi connectivity index (χ3n) is 4.29. The predicted octanol–water partition coefficient (Wildman–Crippen LogP) is 3.38. The number of nitrogen functional groups attached to an aromatic ring is 1. The SMILES string of the molecule is Nc1nc2ncnn2c(NC2CCCC2)c1-c1ccccc1Cl. The highest BCUT2D eigenvalue weighted by Gasteiger charge is 2.22. The van der Waals surface area contributed by atoms with Crippen molar-refractivity contribution in [2.24, 2.45) is 0 Å². The first-order valence-electron chi connectivity index (χ1n) is 7.74. The molecule has 0 atom stereocenters. The van der Waals surface area contributed by atoms with Crippen LogP contribution in [0.15, 0.2) is 30.6 Å². The molecular formula is C16H17ClN6. The Morgan fingerprint density at radius 2 is 2.00 bits per heavy atom. The van der Waals surface area contributed by atoms with Crippen molar-refractivity contribution in [1.82, 2.24) is 19.6 Å². The molecule has 4 rings (SSSR count). The molecule has 3 N–H and O–H groups in total. The molecule has 1 aromatic carbocycles. The minimum Gasteiger partial charge on any atom is -0.383 e. The molecule has 0 spiro atoms. The molecule has 1 saturated carbocycles. The summed E-state index contributed by atoms with van der Waals surface area (Å²) >= 11 is 6.39. The molecule has 0 bridgehead atoms. The van der Waals surface area contributed by atoms with Gasteiger partial charge in [0.2, 0.25) is 0 Å². The van der Waals surface area contributed by atoms with Crippen LogP contribution in [-0.4, -0.2) is 25.6 Å². The Hall–Kier alpha value is -2.34. The molecule has 0 amide bonds. The second kappa shape index (κ2) is 5.70. The van der Waals surface area contributed by atoms with Gasteiger partial charge in [0.1, 0.15) is 18.0 Å². The molecule has 2 aromatic heterocycles. The van der Waals surface area contributed by atoms with Gasteiger partial charge in [-0.2, -0.15) is 19.6 Å². The highest BCUT2D eigenvalue weighted by atomic mass is 35.5. The average molecular weight is 329 g/mol. The minimum atomic E-state index is 0.402. The third-order valence-corrected chi connectivity index (χ3v) is 4.62. The molecule has 1 aliphatic rings. The van der Waals surface area contributed by atoms with E-state index in [9.17, 15) is 0 Å². The highest BCUT2D eigenvalue weighted by molar-refractivity contribution is 6.33. The van der Waals surface area contributed by atoms with Crippen LogP contribution in [-0.2, 0) is 0 Å². The van der Waals surface area contributed by atoms with Crippen LogP contribution in [0.1, 0.15) is 25.7 Å². The maximum atomic E-state index is 6.39. The van der Waals surface area contributed by atoms with Gasteiger partial charge in [-0.1, -0.05) is 42.6 Å². The van der Waals surface area contributed by atoms with E-state index in [0.29, 0.717) is 22.7 Å². The first-order valence-corrected chi connectivity index (χ1v) is 8.12. The smallest absolute Gasteiger partial charge is 0.256 e. The molecule has 7 heteroatoms. The Labute approximate surface area is 138 Å². The van der Waals surface area contributed by atoms with Gasteiger partial charge in [-0.05, 0) is 18.9 Å². The Bertz CT molecular complexity index is 853. The van der Waals surface area contributed by atoms with Gasteiger partial charge >= 0.3 is 0 Å². The number of nitrogens with two attached hydrogens (primary N) is 1. The topological polar surface area (TPSA) is 81.1 Å². The molecule has 0 radical (unpaired) electrons. The number of rotatable bonds is 3. The van der Waals surface area contributed by atoms with E-state index in [1.165, 1.54) is 19.2 Å². The van der Waals surface area contributed by atoms with Crippen molar-refractivity contribution in [1.29, 1.82) is 0 Å². The quantitative estimate of drug-likeness (QED) is 0.770. The van der Waals surface area contributed by atoms with Gasteiger partial charge in [0, 0.05) is 16.6 Å². The number of fused-ring (bicyclic) bond motifs is 1. The summed E-state index contributed by atoms with van der Waals surface area (Å²) in [6.45, 7) is 0. The fourth-order valence-corrected chi connectivity index (χ4v) is 3.42. The number of hydrogen-bond acceptors (Lipinski definition) is 5. The highest BCUT2D eigenvalue weighted by Crippen LogP contribution is 2.38. The van der Waals surface area contributed by atoms with Crippen LogP contribution in [0.3, 0.4) is 0 Å². The van der Waals surface area contributed by atoms with E-state index in [1.54, 1.807) is 4.52 Å². The lowest BCUT2D eigenvalue weighted by Gasteiger charge is -2.19. The number of nitrogens with one attached hydrogen (secondary N) is 1. The number of benzene rings is 1. The number of hydrogen-bond donors (Lipinski definition) is 2. The zero-order valence-corrected chi connectivity index (χ0v) is 13.3. The van der Waals surface area contributed by atoms with Crippen LogP contribution in [0.5, 0.6) is 0 Å². The van der Waals surface area contributed by atoms with Gasteiger partial charge in [-0.3, -0.25) is 0 Å². The Balaban J connectivity index is 1.94. The molecule has 0 aliphatic heterocycles. The van der Waals surface area contributed by atoms with E-state index in [-0.39, 0.29) is 0 Å². The van der Waals surface area contributed by atoms with Gasteiger partial charge in [0.15, 0.2) is 0 Å². The van der Waals surface area contributed by atoms with E-state index in [4.69, 9.17) is 17.3 Å². The molecule has 1 aliphatic carbocycles. The van der Waals surface area contributed by atoms with Crippen LogP contribution in [0.4, 0.5) is 11.6 Å². The van der Waals surface area contributed by atoms with Crippen molar-refractivity contribution in [3.8, 4) is 11.1 Å². The van der Waals surface area contributed by atoms with Crippen molar-refractivity contribution in [2.45, 2.75) is 31.7 Å². The summed E-state index contributed by atoms with van der Waals surface area (Å²) in [5.74, 6) is 1.70. The molecule has 2 heterocycles. The van der Waals surface area contributed by atoms with Crippen LogP contribution in [0.25, 0.3) is 16.9 Å². The normalized spacial score (nSPS) is 15.3. The van der Waals surface area contributed by atoms with E-state index in [2.05, 4.69) is 20.4 Å². The molecule has 0 saturated heterocycles. The van der Waals surface area contributed by atoms with E-state index in [0.717, 1.165) is 29.8 Å². The zero-order valence-electron chi connectivity index (χ0n) is 12.5. The lowest BCUT2D eigenvalue weighted by molar-refractivity contribution is 0.741. The van der Waals surface area contributed by atoms with Gasteiger partial charge in [0.05, 0.1) is 5.56 Å². The fourth-order valence-electron chi connectivity index (χ4n) is 3.19. The van der Waals surface area contributed by atoms with Crippen LogP contribution < -0.4 is 11.1 Å². The number of aromatic nitrogens is 4.